The monoisotopic (exact) mass is 565 g/mol. The van der Waals surface area contributed by atoms with Gasteiger partial charge in [0, 0.05) is 6.42 Å². The van der Waals surface area contributed by atoms with E-state index in [4.69, 9.17) is 4.74 Å². The predicted octanol–water partition coefficient (Wildman–Crippen LogP) is 13.8. The van der Waals surface area contributed by atoms with Crippen molar-refractivity contribution in [3.8, 4) is 0 Å². The molecule has 0 saturated carbocycles. The van der Waals surface area contributed by atoms with Crippen LogP contribution < -0.4 is 0 Å². The molecule has 0 aromatic rings. The lowest BCUT2D eigenvalue weighted by molar-refractivity contribution is -0.143. The topological polar surface area (TPSA) is 26.3 Å². The van der Waals surface area contributed by atoms with Gasteiger partial charge in [-0.2, -0.15) is 0 Å². The lowest BCUT2D eigenvalue weighted by atomic mass is 10.0. The fraction of sp³-hybridized carbons (Fsp3) is 0.974. The van der Waals surface area contributed by atoms with Crippen LogP contribution in [-0.2, 0) is 9.53 Å². The van der Waals surface area contributed by atoms with E-state index in [1.54, 1.807) is 0 Å². The Kier molecular flexibility index (Phi) is 36.0. The molecular formula is C38H76O2. The number of hydrogen-bond acceptors (Lipinski definition) is 2. The molecule has 240 valence electrons. The van der Waals surface area contributed by atoms with Gasteiger partial charge in [-0.05, 0) is 12.8 Å². The van der Waals surface area contributed by atoms with Crippen molar-refractivity contribution in [1.29, 1.82) is 0 Å². The van der Waals surface area contributed by atoms with E-state index in [9.17, 15) is 4.79 Å². The van der Waals surface area contributed by atoms with Crippen LogP contribution in [0.25, 0.3) is 0 Å². The number of unbranched alkanes of at least 4 members (excludes halogenated alkanes) is 31. The van der Waals surface area contributed by atoms with Crippen LogP contribution in [0.2, 0.25) is 0 Å². The van der Waals surface area contributed by atoms with Crippen molar-refractivity contribution >= 4 is 5.97 Å². The Bertz CT molecular complexity index is 460. The maximum absolute atomic E-state index is 11.8. The van der Waals surface area contributed by atoms with Gasteiger partial charge < -0.3 is 4.74 Å². The largest absolute Gasteiger partial charge is 0.466 e. The Hall–Kier alpha value is -0.530. The summed E-state index contributed by atoms with van der Waals surface area (Å²) in [5.74, 6) is 0.0214. The summed E-state index contributed by atoms with van der Waals surface area (Å²) in [6.07, 6.45) is 46.3. The van der Waals surface area contributed by atoms with Gasteiger partial charge in [0.15, 0.2) is 0 Å². The highest BCUT2D eigenvalue weighted by molar-refractivity contribution is 5.69. The molecule has 0 atom stereocenters. The van der Waals surface area contributed by atoms with Crippen LogP contribution in [0.15, 0.2) is 0 Å². The molecule has 2 heteroatoms. The summed E-state index contributed by atoms with van der Waals surface area (Å²) in [5.41, 5.74) is 0. The number of rotatable bonds is 35. The number of hydrogen-bond donors (Lipinski definition) is 0. The van der Waals surface area contributed by atoms with E-state index in [1.807, 2.05) is 0 Å². The number of esters is 1. The van der Waals surface area contributed by atoms with Crippen molar-refractivity contribution in [3.05, 3.63) is 0 Å². The minimum Gasteiger partial charge on any atom is -0.466 e. The van der Waals surface area contributed by atoms with E-state index in [0.29, 0.717) is 13.0 Å². The normalized spacial score (nSPS) is 11.3. The van der Waals surface area contributed by atoms with E-state index in [2.05, 4.69) is 13.8 Å². The second-order valence-corrected chi connectivity index (χ2v) is 12.9. The van der Waals surface area contributed by atoms with E-state index >= 15 is 0 Å². The van der Waals surface area contributed by atoms with Crippen molar-refractivity contribution in [1.82, 2.24) is 0 Å². The molecule has 0 radical (unpaired) electrons. The molecular weight excluding hydrogens is 488 g/mol. The highest BCUT2D eigenvalue weighted by atomic mass is 16.5. The Labute approximate surface area is 254 Å². The summed E-state index contributed by atoms with van der Waals surface area (Å²) in [6, 6.07) is 0. The quantitative estimate of drug-likeness (QED) is 0.0565. The Balaban J connectivity index is 3.09. The first-order valence-electron chi connectivity index (χ1n) is 19.0. The summed E-state index contributed by atoms with van der Waals surface area (Å²) in [5, 5.41) is 0. The summed E-state index contributed by atoms with van der Waals surface area (Å²) in [7, 11) is 0. The van der Waals surface area contributed by atoms with E-state index in [1.165, 1.54) is 199 Å². The number of ether oxygens (including phenoxy) is 1. The van der Waals surface area contributed by atoms with Gasteiger partial charge in [0.2, 0.25) is 0 Å². The molecule has 0 aromatic carbocycles. The zero-order chi connectivity index (χ0) is 29.0. The van der Waals surface area contributed by atoms with Crippen molar-refractivity contribution in [2.24, 2.45) is 0 Å². The summed E-state index contributed by atoms with van der Waals surface area (Å²) in [6.45, 7) is 5.17. The van der Waals surface area contributed by atoms with Gasteiger partial charge in [-0.3, -0.25) is 4.79 Å². The Morgan fingerprint density at radius 3 is 0.825 bits per heavy atom. The SMILES string of the molecule is CCCCCCCCCCCCCCCCCCCCCCCCCCCCCC(=O)OCCCCCCCC. The first kappa shape index (κ1) is 39.5. The lowest BCUT2D eigenvalue weighted by Crippen LogP contribution is -2.05. The summed E-state index contributed by atoms with van der Waals surface area (Å²) >= 11 is 0. The molecule has 0 aliphatic rings. The molecule has 0 rings (SSSR count). The minimum atomic E-state index is 0.0214. The molecule has 0 fully saturated rings. The van der Waals surface area contributed by atoms with Crippen LogP contribution in [0.5, 0.6) is 0 Å². The van der Waals surface area contributed by atoms with Gasteiger partial charge >= 0.3 is 5.97 Å². The van der Waals surface area contributed by atoms with Gasteiger partial charge in [-0.15, -0.1) is 0 Å². The van der Waals surface area contributed by atoms with Crippen LogP contribution >= 0.6 is 0 Å². The fourth-order valence-electron chi connectivity index (χ4n) is 5.90. The molecule has 0 spiro atoms. The highest BCUT2D eigenvalue weighted by Crippen LogP contribution is 2.16. The van der Waals surface area contributed by atoms with E-state index < -0.39 is 0 Å². The molecule has 0 aromatic heterocycles. The Morgan fingerprint density at radius 1 is 0.325 bits per heavy atom. The molecule has 40 heavy (non-hydrogen) atoms. The van der Waals surface area contributed by atoms with Crippen molar-refractivity contribution in [2.75, 3.05) is 6.61 Å². The van der Waals surface area contributed by atoms with Crippen LogP contribution in [0.3, 0.4) is 0 Å². The number of carbonyl (C=O) groups is 1. The second kappa shape index (κ2) is 36.5. The van der Waals surface area contributed by atoms with Crippen molar-refractivity contribution in [3.63, 3.8) is 0 Å². The first-order chi connectivity index (χ1) is 19.8. The van der Waals surface area contributed by atoms with Crippen LogP contribution in [0, 0.1) is 0 Å². The van der Waals surface area contributed by atoms with E-state index in [0.717, 1.165) is 12.8 Å². The van der Waals surface area contributed by atoms with Gasteiger partial charge in [-0.1, -0.05) is 213 Å². The van der Waals surface area contributed by atoms with Crippen LogP contribution in [0.4, 0.5) is 0 Å². The van der Waals surface area contributed by atoms with Gasteiger partial charge in [0.25, 0.3) is 0 Å². The summed E-state index contributed by atoms with van der Waals surface area (Å²) < 4.78 is 5.37. The van der Waals surface area contributed by atoms with E-state index in [-0.39, 0.29) is 5.97 Å². The molecule has 0 N–H and O–H groups in total. The fourth-order valence-corrected chi connectivity index (χ4v) is 5.90. The zero-order valence-electron chi connectivity index (χ0n) is 28.1. The zero-order valence-corrected chi connectivity index (χ0v) is 28.1. The van der Waals surface area contributed by atoms with Gasteiger partial charge in [-0.25, -0.2) is 0 Å². The third-order valence-electron chi connectivity index (χ3n) is 8.75. The standard InChI is InChI=1S/C38H76O2/c1-3-5-7-9-11-12-13-14-15-16-17-18-19-20-21-22-23-24-25-26-27-28-29-30-31-32-34-36-38(39)40-37-35-33-10-8-6-4-2/h3-37H2,1-2H3. The molecule has 0 aliphatic carbocycles. The lowest BCUT2D eigenvalue weighted by Gasteiger charge is -2.05. The van der Waals surface area contributed by atoms with Gasteiger partial charge in [0.05, 0.1) is 6.61 Å². The molecule has 0 heterocycles. The molecule has 0 bridgehead atoms. The summed E-state index contributed by atoms with van der Waals surface area (Å²) in [4.78, 5) is 11.8. The van der Waals surface area contributed by atoms with Gasteiger partial charge in [0.1, 0.15) is 0 Å². The van der Waals surface area contributed by atoms with Crippen molar-refractivity contribution in [2.45, 2.75) is 232 Å². The molecule has 2 nitrogen and oxygen atoms in total. The average molecular weight is 565 g/mol. The third-order valence-corrected chi connectivity index (χ3v) is 8.75. The van der Waals surface area contributed by atoms with Crippen LogP contribution in [-0.4, -0.2) is 12.6 Å². The maximum Gasteiger partial charge on any atom is 0.305 e. The molecule has 0 saturated heterocycles. The average Bonchev–Trinajstić information content (AvgIpc) is 2.96. The van der Waals surface area contributed by atoms with Crippen LogP contribution in [0.1, 0.15) is 232 Å². The second-order valence-electron chi connectivity index (χ2n) is 12.9. The molecule has 0 unspecified atom stereocenters. The predicted molar refractivity (Wildman–Crippen MR) is 179 cm³/mol. The first-order valence-corrected chi connectivity index (χ1v) is 19.0. The Morgan fingerprint density at radius 2 is 0.550 bits per heavy atom. The highest BCUT2D eigenvalue weighted by Gasteiger charge is 2.02. The maximum atomic E-state index is 11.8. The smallest absolute Gasteiger partial charge is 0.305 e. The molecule has 0 amide bonds. The molecule has 0 aliphatic heterocycles. The minimum absolute atomic E-state index is 0.0214. The number of carbonyl (C=O) groups excluding carboxylic acids is 1. The van der Waals surface area contributed by atoms with Crippen molar-refractivity contribution < 1.29 is 9.53 Å². The third kappa shape index (κ3) is 35.5.